The normalized spacial score (nSPS) is 32.6. The SMILES string of the molecule is CC(C)(C)c1nc2n(n1)[C@H](C1(C)C=CC=CC1)C[C@@H]2F. The Morgan fingerprint density at radius 3 is 2.70 bits per heavy atom. The minimum atomic E-state index is -1.00. The first-order valence-electron chi connectivity index (χ1n) is 7.27. The Morgan fingerprint density at radius 1 is 1.35 bits per heavy atom. The number of hydrogen-bond donors (Lipinski definition) is 0. The Balaban J connectivity index is 2.01. The van der Waals surface area contributed by atoms with Gasteiger partial charge in [0, 0.05) is 17.3 Å². The molecule has 0 N–H and O–H groups in total. The largest absolute Gasteiger partial charge is 0.243 e. The quantitative estimate of drug-likeness (QED) is 0.774. The van der Waals surface area contributed by atoms with Crippen molar-refractivity contribution in [1.29, 1.82) is 0 Å². The van der Waals surface area contributed by atoms with Crippen LogP contribution in [0.5, 0.6) is 0 Å². The molecule has 3 rings (SSSR count). The number of fused-ring (bicyclic) bond motifs is 1. The predicted molar refractivity (Wildman–Crippen MR) is 77.2 cm³/mol. The lowest BCUT2D eigenvalue weighted by atomic mass is 9.76. The van der Waals surface area contributed by atoms with Crippen LogP contribution in [-0.2, 0) is 5.41 Å². The second-order valence-corrected chi connectivity index (χ2v) is 7.20. The molecule has 0 bridgehead atoms. The zero-order valence-electron chi connectivity index (χ0n) is 12.6. The zero-order valence-corrected chi connectivity index (χ0v) is 12.6. The van der Waals surface area contributed by atoms with Crippen LogP contribution in [0.4, 0.5) is 4.39 Å². The minimum Gasteiger partial charge on any atom is -0.243 e. The lowest BCUT2D eigenvalue weighted by Crippen LogP contribution is -2.28. The Kier molecular flexibility index (Phi) is 2.89. The fraction of sp³-hybridized carbons (Fsp3) is 0.625. The van der Waals surface area contributed by atoms with E-state index in [2.05, 4.69) is 56.0 Å². The van der Waals surface area contributed by atoms with Crippen molar-refractivity contribution >= 4 is 0 Å². The van der Waals surface area contributed by atoms with Gasteiger partial charge in [-0.3, -0.25) is 0 Å². The van der Waals surface area contributed by atoms with Gasteiger partial charge in [-0.25, -0.2) is 14.1 Å². The van der Waals surface area contributed by atoms with Crippen molar-refractivity contribution in [1.82, 2.24) is 14.8 Å². The highest BCUT2D eigenvalue weighted by atomic mass is 19.1. The molecule has 0 saturated carbocycles. The van der Waals surface area contributed by atoms with E-state index in [9.17, 15) is 4.39 Å². The van der Waals surface area contributed by atoms with Crippen molar-refractivity contribution in [3.8, 4) is 0 Å². The standard InChI is InChI=1S/C16H22FN3/c1-15(2,3)14-18-13-11(17)10-12(20(13)19-14)16(4)8-6-5-7-9-16/h5-8,11-12H,9-10H2,1-4H3/t11-,12-,16?/m0/s1. The lowest BCUT2D eigenvalue weighted by molar-refractivity contribution is 0.217. The van der Waals surface area contributed by atoms with Gasteiger partial charge in [-0.2, -0.15) is 5.10 Å². The molecule has 1 aliphatic carbocycles. The molecule has 1 aromatic rings. The van der Waals surface area contributed by atoms with Gasteiger partial charge in [0.05, 0.1) is 6.04 Å². The van der Waals surface area contributed by atoms with Crippen LogP contribution in [0.15, 0.2) is 24.3 Å². The van der Waals surface area contributed by atoms with E-state index in [0.717, 1.165) is 12.2 Å². The van der Waals surface area contributed by atoms with E-state index in [1.807, 2.05) is 10.8 Å². The van der Waals surface area contributed by atoms with Crippen LogP contribution >= 0.6 is 0 Å². The first-order chi connectivity index (χ1) is 9.31. The van der Waals surface area contributed by atoms with Crippen LogP contribution in [-0.4, -0.2) is 14.8 Å². The summed E-state index contributed by atoms with van der Waals surface area (Å²) in [5.41, 5.74) is -0.224. The molecule has 0 fully saturated rings. The van der Waals surface area contributed by atoms with Gasteiger partial charge in [0.2, 0.25) is 0 Å². The fourth-order valence-corrected chi connectivity index (χ4v) is 3.04. The third-order valence-electron chi connectivity index (χ3n) is 4.38. The van der Waals surface area contributed by atoms with Crippen molar-refractivity contribution in [3.05, 3.63) is 36.0 Å². The molecule has 0 spiro atoms. The summed E-state index contributed by atoms with van der Waals surface area (Å²) < 4.78 is 16.2. The van der Waals surface area contributed by atoms with Crippen molar-refractivity contribution in [2.24, 2.45) is 5.41 Å². The second-order valence-electron chi connectivity index (χ2n) is 7.20. The van der Waals surface area contributed by atoms with Crippen molar-refractivity contribution in [3.63, 3.8) is 0 Å². The highest BCUT2D eigenvalue weighted by Gasteiger charge is 2.44. The molecular weight excluding hydrogens is 253 g/mol. The first-order valence-corrected chi connectivity index (χ1v) is 7.27. The topological polar surface area (TPSA) is 30.7 Å². The summed E-state index contributed by atoms with van der Waals surface area (Å²) in [7, 11) is 0. The van der Waals surface area contributed by atoms with E-state index in [4.69, 9.17) is 0 Å². The van der Waals surface area contributed by atoms with Gasteiger partial charge in [0.15, 0.2) is 17.8 Å². The molecule has 0 saturated heterocycles. The van der Waals surface area contributed by atoms with Crippen LogP contribution < -0.4 is 0 Å². The van der Waals surface area contributed by atoms with Crippen LogP contribution in [0.25, 0.3) is 0 Å². The molecular formula is C16H22FN3. The number of alkyl halides is 1. The minimum absolute atomic E-state index is 0.0531. The maximum absolute atomic E-state index is 14.3. The summed E-state index contributed by atoms with van der Waals surface area (Å²) in [6.45, 7) is 8.36. The van der Waals surface area contributed by atoms with E-state index in [1.165, 1.54) is 0 Å². The average Bonchev–Trinajstić information content (AvgIpc) is 2.91. The Labute approximate surface area is 119 Å². The molecule has 2 aliphatic rings. The number of aromatic nitrogens is 3. The highest BCUT2D eigenvalue weighted by Crippen LogP contribution is 2.49. The third-order valence-corrected chi connectivity index (χ3v) is 4.38. The van der Waals surface area contributed by atoms with E-state index in [-0.39, 0.29) is 16.9 Å². The predicted octanol–water partition coefficient (Wildman–Crippen LogP) is 4.05. The van der Waals surface area contributed by atoms with Crippen LogP contribution in [0.3, 0.4) is 0 Å². The monoisotopic (exact) mass is 275 g/mol. The molecule has 108 valence electrons. The summed E-state index contributed by atoms with van der Waals surface area (Å²) in [4.78, 5) is 4.45. The Bertz CT molecular complexity index is 579. The highest BCUT2D eigenvalue weighted by molar-refractivity contribution is 5.21. The Hall–Kier alpha value is -1.45. The molecule has 3 atom stereocenters. The molecule has 1 aliphatic heterocycles. The summed E-state index contributed by atoms with van der Waals surface area (Å²) in [6, 6.07) is 0.0531. The summed E-state index contributed by atoms with van der Waals surface area (Å²) in [5.74, 6) is 1.24. The zero-order chi connectivity index (χ0) is 14.5. The van der Waals surface area contributed by atoms with Gasteiger partial charge < -0.3 is 0 Å². The van der Waals surface area contributed by atoms with E-state index >= 15 is 0 Å². The summed E-state index contributed by atoms with van der Waals surface area (Å²) in [5, 5.41) is 4.62. The van der Waals surface area contributed by atoms with Gasteiger partial charge in [0.25, 0.3) is 0 Å². The maximum Gasteiger partial charge on any atom is 0.162 e. The van der Waals surface area contributed by atoms with Crippen molar-refractivity contribution < 1.29 is 4.39 Å². The molecule has 1 unspecified atom stereocenters. The van der Waals surface area contributed by atoms with Crippen LogP contribution in [0.1, 0.15) is 64.4 Å². The Morgan fingerprint density at radius 2 is 2.10 bits per heavy atom. The van der Waals surface area contributed by atoms with Crippen LogP contribution in [0, 0.1) is 5.41 Å². The summed E-state index contributed by atoms with van der Waals surface area (Å²) >= 11 is 0. The fourth-order valence-electron chi connectivity index (χ4n) is 3.04. The molecule has 2 heterocycles. The van der Waals surface area contributed by atoms with Gasteiger partial charge in [0.1, 0.15) is 0 Å². The summed E-state index contributed by atoms with van der Waals surface area (Å²) in [6.07, 6.45) is 8.83. The first kappa shape index (κ1) is 13.5. The maximum atomic E-state index is 14.3. The molecule has 3 nitrogen and oxygen atoms in total. The second kappa shape index (κ2) is 4.27. The molecule has 0 radical (unpaired) electrons. The average molecular weight is 275 g/mol. The molecule has 0 aromatic carbocycles. The third kappa shape index (κ3) is 2.02. The molecule has 0 amide bonds. The van der Waals surface area contributed by atoms with Gasteiger partial charge >= 0.3 is 0 Å². The number of halogens is 1. The van der Waals surface area contributed by atoms with Gasteiger partial charge in [-0.15, -0.1) is 0 Å². The van der Waals surface area contributed by atoms with Crippen molar-refractivity contribution in [2.45, 2.75) is 58.2 Å². The molecule has 1 aromatic heterocycles. The number of nitrogens with zero attached hydrogens (tertiary/aromatic N) is 3. The number of hydrogen-bond acceptors (Lipinski definition) is 2. The van der Waals surface area contributed by atoms with Gasteiger partial charge in [-0.1, -0.05) is 52.0 Å². The lowest BCUT2D eigenvalue weighted by Gasteiger charge is -2.33. The van der Waals surface area contributed by atoms with Gasteiger partial charge in [-0.05, 0) is 6.42 Å². The van der Waals surface area contributed by atoms with E-state index in [1.54, 1.807) is 0 Å². The smallest absolute Gasteiger partial charge is 0.162 e. The molecule has 4 heteroatoms. The van der Waals surface area contributed by atoms with Crippen molar-refractivity contribution in [2.75, 3.05) is 0 Å². The number of allylic oxidation sites excluding steroid dienone is 4. The van der Waals surface area contributed by atoms with Crippen LogP contribution in [0.2, 0.25) is 0 Å². The van der Waals surface area contributed by atoms with E-state index < -0.39 is 6.17 Å². The number of rotatable bonds is 1. The molecule has 20 heavy (non-hydrogen) atoms. The van der Waals surface area contributed by atoms with E-state index in [0.29, 0.717) is 12.2 Å².